The van der Waals surface area contributed by atoms with E-state index < -0.39 is 5.97 Å². The topological polar surface area (TPSA) is 89.3 Å². The van der Waals surface area contributed by atoms with E-state index in [9.17, 15) is 4.79 Å². The number of carboxylic acids is 1. The third kappa shape index (κ3) is 3.13. The zero-order chi connectivity index (χ0) is 15.4. The summed E-state index contributed by atoms with van der Waals surface area (Å²) in [6.07, 6.45) is 0.788. The lowest BCUT2D eigenvalue weighted by atomic mass is 10.2. The molecule has 0 fully saturated rings. The third-order valence-electron chi connectivity index (χ3n) is 3.11. The van der Waals surface area contributed by atoms with Crippen LogP contribution in [0.15, 0.2) is 18.2 Å². The largest absolute Gasteiger partial charge is 0.481 e. The molecule has 0 saturated heterocycles. The lowest BCUT2D eigenvalue weighted by Gasteiger charge is -2.08. The smallest absolute Gasteiger partial charge is 0.354 e. The molecular weight excluding hydrogens is 272 g/mol. The molecular formula is C14H18N4O3. The molecule has 2 aromatic rings. The normalized spacial score (nSPS) is 10.4. The minimum absolute atomic E-state index is 0.00821. The predicted molar refractivity (Wildman–Crippen MR) is 77.7 cm³/mol. The zero-order valence-corrected chi connectivity index (χ0v) is 12.3. The first-order valence-corrected chi connectivity index (χ1v) is 6.59. The van der Waals surface area contributed by atoms with E-state index in [1.165, 1.54) is 6.07 Å². The maximum absolute atomic E-state index is 10.9. The molecule has 112 valence electrons. The molecule has 7 nitrogen and oxygen atoms in total. The summed E-state index contributed by atoms with van der Waals surface area (Å²) in [6.45, 7) is 2.49. The van der Waals surface area contributed by atoms with Gasteiger partial charge in [-0.2, -0.15) is 5.10 Å². The van der Waals surface area contributed by atoms with Gasteiger partial charge in [0, 0.05) is 13.6 Å². The van der Waals surface area contributed by atoms with Crippen LogP contribution in [0.25, 0.3) is 0 Å². The molecule has 0 spiro atoms. The second kappa shape index (κ2) is 6.25. The van der Waals surface area contributed by atoms with E-state index in [-0.39, 0.29) is 5.69 Å². The van der Waals surface area contributed by atoms with Crippen LogP contribution in [0.2, 0.25) is 0 Å². The van der Waals surface area contributed by atoms with Crippen molar-refractivity contribution >= 4 is 11.8 Å². The van der Waals surface area contributed by atoms with Crippen LogP contribution in [0.1, 0.15) is 28.7 Å². The fourth-order valence-corrected chi connectivity index (χ4v) is 2.15. The van der Waals surface area contributed by atoms with E-state index in [0.29, 0.717) is 18.2 Å². The van der Waals surface area contributed by atoms with Crippen LogP contribution in [0.3, 0.4) is 0 Å². The molecule has 2 heterocycles. The minimum atomic E-state index is -1.05. The predicted octanol–water partition coefficient (Wildman–Crippen LogP) is 1.70. The van der Waals surface area contributed by atoms with E-state index >= 15 is 0 Å². The Labute approximate surface area is 122 Å². The molecule has 2 rings (SSSR count). The summed E-state index contributed by atoms with van der Waals surface area (Å²) in [5.41, 5.74) is 1.90. The van der Waals surface area contributed by atoms with Gasteiger partial charge in [0.05, 0.1) is 18.4 Å². The van der Waals surface area contributed by atoms with Gasteiger partial charge in [-0.3, -0.25) is 0 Å². The number of carbonyl (C=O) groups is 1. The standard InChI is InChI=1S/C14H18N4O3/c1-4-10-9(13(21-3)18(2)17-10)8-15-12-7-5-6-11(16-12)14(19)20/h5-7H,4,8H2,1-3H3,(H,15,16)(H,19,20). The van der Waals surface area contributed by atoms with Gasteiger partial charge in [-0.05, 0) is 18.6 Å². The number of nitrogens with zero attached hydrogens (tertiary/aromatic N) is 3. The molecule has 2 N–H and O–H groups in total. The Morgan fingerprint density at radius 3 is 2.86 bits per heavy atom. The minimum Gasteiger partial charge on any atom is -0.481 e. The van der Waals surface area contributed by atoms with Gasteiger partial charge < -0.3 is 15.2 Å². The second-order valence-electron chi connectivity index (χ2n) is 4.48. The van der Waals surface area contributed by atoms with Gasteiger partial charge in [0.25, 0.3) is 0 Å². The van der Waals surface area contributed by atoms with Crippen molar-refractivity contribution in [2.24, 2.45) is 7.05 Å². The molecule has 0 bridgehead atoms. The van der Waals surface area contributed by atoms with Crippen molar-refractivity contribution in [1.29, 1.82) is 0 Å². The quantitative estimate of drug-likeness (QED) is 0.841. The molecule has 0 aromatic carbocycles. The number of aryl methyl sites for hydroxylation is 2. The van der Waals surface area contributed by atoms with E-state index in [4.69, 9.17) is 9.84 Å². The van der Waals surface area contributed by atoms with Crippen molar-refractivity contribution < 1.29 is 14.6 Å². The van der Waals surface area contributed by atoms with Crippen LogP contribution < -0.4 is 10.1 Å². The number of aromatic nitrogens is 3. The molecule has 2 aromatic heterocycles. The van der Waals surface area contributed by atoms with E-state index in [1.54, 1.807) is 23.9 Å². The van der Waals surface area contributed by atoms with Gasteiger partial charge in [-0.25, -0.2) is 14.5 Å². The lowest BCUT2D eigenvalue weighted by molar-refractivity contribution is 0.0690. The van der Waals surface area contributed by atoms with Crippen LogP contribution in [-0.2, 0) is 20.0 Å². The number of carboxylic acid groups (broad SMARTS) is 1. The lowest BCUT2D eigenvalue weighted by Crippen LogP contribution is -2.07. The summed E-state index contributed by atoms with van der Waals surface area (Å²) in [5.74, 6) is 0.142. The van der Waals surface area contributed by atoms with Crippen molar-refractivity contribution in [2.45, 2.75) is 19.9 Å². The molecule has 0 radical (unpaired) electrons. The summed E-state index contributed by atoms with van der Waals surface area (Å²) < 4.78 is 7.05. The van der Waals surface area contributed by atoms with E-state index in [2.05, 4.69) is 15.4 Å². The van der Waals surface area contributed by atoms with Crippen LogP contribution in [0.5, 0.6) is 5.88 Å². The Hall–Kier alpha value is -2.57. The Morgan fingerprint density at radius 1 is 1.48 bits per heavy atom. The molecule has 0 amide bonds. The Bertz CT molecular complexity index is 652. The van der Waals surface area contributed by atoms with E-state index in [1.807, 2.05) is 14.0 Å². The van der Waals surface area contributed by atoms with Gasteiger partial charge in [0.1, 0.15) is 5.82 Å². The maximum atomic E-state index is 10.9. The van der Waals surface area contributed by atoms with Crippen LogP contribution in [0.4, 0.5) is 5.82 Å². The summed E-state index contributed by atoms with van der Waals surface area (Å²) in [6, 6.07) is 4.83. The summed E-state index contributed by atoms with van der Waals surface area (Å²) >= 11 is 0. The Balaban J connectivity index is 2.20. The first-order valence-electron chi connectivity index (χ1n) is 6.59. The monoisotopic (exact) mass is 290 g/mol. The van der Waals surface area contributed by atoms with Crippen molar-refractivity contribution in [2.75, 3.05) is 12.4 Å². The van der Waals surface area contributed by atoms with Crippen molar-refractivity contribution in [3.63, 3.8) is 0 Å². The Morgan fingerprint density at radius 2 is 2.24 bits per heavy atom. The van der Waals surface area contributed by atoms with Crippen LogP contribution in [-0.4, -0.2) is 33.0 Å². The molecule has 0 saturated carbocycles. The number of hydrogen-bond donors (Lipinski definition) is 2. The molecule has 0 unspecified atom stereocenters. The highest BCUT2D eigenvalue weighted by molar-refractivity contribution is 5.85. The number of methoxy groups -OCH3 is 1. The number of rotatable bonds is 6. The SMILES string of the molecule is CCc1nn(C)c(OC)c1CNc1cccc(C(=O)O)n1. The summed E-state index contributed by atoms with van der Waals surface area (Å²) in [7, 11) is 3.42. The van der Waals surface area contributed by atoms with Gasteiger partial charge in [0.15, 0.2) is 5.69 Å². The highest BCUT2D eigenvalue weighted by Crippen LogP contribution is 2.23. The second-order valence-corrected chi connectivity index (χ2v) is 4.48. The maximum Gasteiger partial charge on any atom is 0.354 e. The molecule has 21 heavy (non-hydrogen) atoms. The molecule has 0 aliphatic carbocycles. The van der Waals surface area contributed by atoms with Gasteiger partial charge >= 0.3 is 5.97 Å². The molecule has 0 atom stereocenters. The van der Waals surface area contributed by atoms with Gasteiger partial charge in [-0.1, -0.05) is 13.0 Å². The average Bonchev–Trinajstić information content (AvgIpc) is 2.80. The Kier molecular flexibility index (Phi) is 4.42. The number of nitrogens with one attached hydrogen (secondary N) is 1. The molecule has 0 aliphatic heterocycles. The molecule has 7 heteroatoms. The first kappa shape index (κ1) is 14.8. The summed E-state index contributed by atoms with van der Waals surface area (Å²) in [4.78, 5) is 14.9. The average molecular weight is 290 g/mol. The highest BCUT2D eigenvalue weighted by Gasteiger charge is 2.15. The fraction of sp³-hybridized carbons (Fsp3) is 0.357. The number of ether oxygens (including phenoxy) is 1. The number of pyridine rings is 1. The van der Waals surface area contributed by atoms with Crippen LogP contribution >= 0.6 is 0 Å². The third-order valence-corrected chi connectivity index (χ3v) is 3.11. The fourth-order valence-electron chi connectivity index (χ4n) is 2.15. The zero-order valence-electron chi connectivity index (χ0n) is 12.3. The number of aromatic carboxylic acids is 1. The van der Waals surface area contributed by atoms with E-state index in [0.717, 1.165) is 17.7 Å². The van der Waals surface area contributed by atoms with Crippen molar-refractivity contribution in [1.82, 2.24) is 14.8 Å². The molecule has 0 aliphatic rings. The number of anilines is 1. The summed E-state index contributed by atoms with van der Waals surface area (Å²) in [5, 5.41) is 16.4. The van der Waals surface area contributed by atoms with Crippen LogP contribution in [0, 0.1) is 0 Å². The van der Waals surface area contributed by atoms with Gasteiger partial charge in [-0.15, -0.1) is 0 Å². The van der Waals surface area contributed by atoms with Crippen molar-refractivity contribution in [3.8, 4) is 5.88 Å². The first-order chi connectivity index (χ1) is 10.1. The van der Waals surface area contributed by atoms with Crippen molar-refractivity contribution in [3.05, 3.63) is 35.2 Å². The highest BCUT2D eigenvalue weighted by atomic mass is 16.5. The van der Waals surface area contributed by atoms with Gasteiger partial charge in [0.2, 0.25) is 5.88 Å². The number of hydrogen-bond acceptors (Lipinski definition) is 5.